The highest BCUT2D eigenvalue weighted by atomic mass is 16.6. The van der Waals surface area contributed by atoms with Crippen molar-refractivity contribution in [3.05, 3.63) is 42.1 Å². The molecular formula is C26H35N5O8. The number of carbonyl (C=O) groups is 4. The Bertz CT molecular complexity index is 1110. The number of rotatable bonds is 13. The molecule has 0 radical (unpaired) electrons. The van der Waals surface area contributed by atoms with Crippen LogP contribution in [0.4, 0.5) is 4.79 Å². The van der Waals surface area contributed by atoms with Crippen molar-refractivity contribution in [1.82, 2.24) is 24.9 Å². The van der Waals surface area contributed by atoms with Crippen LogP contribution in [-0.4, -0.2) is 106 Å². The molecule has 2 aromatic rings. The van der Waals surface area contributed by atoms with Gasteiger partial charge in [-0.25, -0.2) is 9.48 Å². The van der Waals surface area contributed by atoms with Gasteiger partial charge in [0.2, 0.25) is 11.8 Å². The van der Waals surface area contributed by atoms with E-state index in [2.05, 4.69) is 10.4 Å². The number of benzene rings is 1. The van der Waals surface area contributed by atoms with Crippen LogP contribution in [0.25, 0.3) is 5.69 Å². The molecule has 1 aliphatic heterocycles. The Morgan fingerprint density at radius 1 is 1.05 bits per heavy atom. The molecule has 0 saturated carbocycles. The molecule has 0 aliphatic carbocycles. The molecule has 0 bridgehead atoms. The number of aliphatic carboxylic acids is 1. The minimum absolute atomic E-state index is 0.00346. The molecular weight excluding hydrogens is 510 g/mol. The number of aliphatic hydroxyl groups excluding tert-OH is 1. The molecule has 0 unspecified atom stereocenters. The van der Waals surface area contributed by atoms with Gasteiger partial charge in [-0.05, 0) is 38.3 Å². The Morgan fingerprint density at radius 3 is 2.38 bits per heavy atom. The highest BCUT2D eigenvalue weighted by Crippen LogP contribution is 2.20. The van der Waals surface area contributed by atoms with Gasteiger partial charge in [-0.1, -0.05) is 18.2 Å². The number of carboxylic acid groups (broad SMARTS) is 1. The number of hydrogen-bond donors (Lipinski definition) is 3. The van der Waals surface area contributed by atoms with Gasteiger partial charge in [0, 0.05) is 45.3 Å². The summed E-state index contributed by atoms with van der Waals surface area (Å²) in [7, 11) is 0. The quantitative estimate of drug-likeness (QED) is 0.315. The van der Waals surface area contributed by atoms with Gasteiger partial charge in [0.25, 0.3) is 5.91 Å². The summed E-state index contributed by atoms with van der Waals surface area (Å²) in [6.45, 7) is 3.29. The normalized spacial score (nSPS) is 14.0. The largest absolute Gasteiger partial charge is 0.481 e. The van der Waals surface area contributed by atoms with Gasteiger partial charge in [-0.2, -0.15) is 5.10 Å². The van der Waals surface area contributed by atoms with Crippen molar-refractivity contribution in [3.8, 4) is 11.6 Å². The first kappa shape index (κ1) is 29.4. The van der Waals surface area contributed by atoms with Gasteiger partial charge in [0.15, 0.2) is 5.69 Å². The molecule has 212 valence electrons. The number of aromatic nitrogens is 2. The number of nitrogens with zero attached hydrogens (tertiary/aromatic N) is 4. The van der Waals surface area contributed by atoms with Crippen molar-refractivity contribution in [1.29, 1.82) is 0 Å². The zero-order valence-corrected chi connectivity index (χ0v) is 22.0. The summed E-state index contributed by atoms with van der Waals surface area (Å²) in [6.07, 6.45) is 0.282. The predicted octanol–water partition coefficient (Wildman–Crippen LogP) is 1.29. The van der Waals surface area contributed by atoms with E-state index < -0.39 is 29.9 Å². The fourth-order valence-corrected chi connectivity index (χ4v) is 4.02. The van der Waals surface area contributed by atoms with Crippen LogP contribution in [0.2, 0.25) is 0 Å². The number of unbranched alkanes of at least 4 members (excludes halogenated alkanes) is 1. The third-order valence-corrected chi connectivity index (χ3v) is 6.08. The van der Waals surface area contributed by atoms with Gasteiger partial charge in [0.1, 0.15) is 6.04 Å². The third kappa shape index (κ3) is 8.43. The number of amides is 3. The van der Waals surface area contributed by atoms with E-state index in [0.29, 0.717) is 31.0 Å². The zero-order chi connectivity index (χ0) is 28.2. The molecule has 1 aromatic heterocycles. The second-order valence-electron chi connectivity index (χ2n) is 8.86. The predicted molar refractivity (Wildman–Crippen MR) is 139 cm³/mol. The van der Waals surface area contributed by atoms with Crippen LogP contribution in [0.1, 0.15) is 43.1 Å². The Hall–Kier alpha value is -4.13. The van der Waals surface area contributed by atoms with Crippen LogP contribution in [0.5, 0.6) is 5.88 Å². The van der Waals surface area contributed by atoms with E-state index in [4.69, 9.17) is 14.6 Å². The summed E-state index contributed by atoms with van der Waals surface area (Å²) in [4.78, 5) is 52.7. The lowest BCUT2D eigenvalue weighted by Crippen LogP contribution is -2.56. The van der Waals surface area contributed by atoms with Gasteiger partial charge in [0.05, 0.1) is 18.9 Å². The summed E-state index contributed by atoms with van der Waals surface area (Å²) in [5.74, 6) is -1.87. The summed E-state index contributed by atoms with van der Waals surface area (Å²) >= 11 is 0. The molecule has 1 aliphatic rings. The lowest BCUT2D eigenvalue weighted by Gasteiger charge is -2.35. The van der Waals surface area contributed by atoms with Crippen LogP contribution in [0.15, 0.2) is 36.4 Å². The average molecular weight is 546 g/mol. The minimum Gasteiger partial charge on any atom is -0.481 e. The van der Waals surface area contributed by atoms with Crippen LogP contribution in [0, 0.1) is 0 Å². The maximum absolute atomic E-state index is 13.3. The number of hydrogen-bond acceptors (Lipinski definition) is 8. The Labute approximate surface area is 226 Å². The first-order chi connectivity index (χ1) is 18.8. The Morgan fingerprint density at radius 2 is 1.74 bits per heavy atom. The first-order valence-electron chi connectivity index (χ1n) is 13.0. The van der Waals surface area contributed by atoms with Crippen molar-refractivity contribution < 1.29 is 38.9 Å². The molecule has 2 heterocycles. The molecule has 13 nitrogen and oxygen atoms in total. The SMILES string of the molecule is CCOC(=O)N1CCN(C(=O)[C@H](CCC(=O)O)NC(=O)c2cc(OCCCCO)n(-c3ccccc3)n2)CC1. The number of piperazine rings is 1. The summed E-state index contributed by atoms with van der Waals surface area (Å²) in [5, 5.41) is 25.2. The molecule has 13 heteroatoms. The maximum atomic E-state index is 13.3. The average Bonchev–Trinajstić information content (AvgIpc) is 3.38. The molecule has 3 rings (SSSR count). The van der Waals surface area contributed by atoms with Gasteiger partial charge >= 0.3 is 12.1 Å². The van der Waals surface area contributed by atoms with Crippen molar-refractivity contribution >= 4 is 23.9 Å². The van der Waals surface area contributed by atoms with E-state index in [0.717, 1.165) is 0 Å². The number of carboxylic acids is 1. The fraction of sp³-hybridized carbons (Fsp3) is 0.500. The maximum Gasteiger partial charge on any atom is 0.409 e. The van der Waals surface area contributed by atoms with Crippen LogP contribution in [0.3, 0.4) is 0 Å². The molecule has 1 atom stereocenters. The fourth-order valence-electron chi connectivity index (χ4n) is 4.02. The van der Waals surface area contributed by atoms with Crippen molar-refractivity contribution in [2.45, 2.75) is 38.6 Å². The van der Waals surface area contributed by atoms with E-state index in [1.165, 1.54) is 20.5 Å². The van der Waals surface area contributed by atoms with Crippen molar-refractivity contribution in [3.63, 3.8) is 0 Å². The van der Waals surface area contributed by atoms with E-state index in [1.807, 2.05) is 18.2 Å². The van der Waals surface area contributed by atoms with Crippen LogP contribution >= 0.6 is 0 Å². The first-order valence-corrected chi connectivity index (χ1v) is 13.0. The topological polar surface area (TPSA) is 164 Å². The number of nitrogens with one attached hydrogen (secondary N) is 1. The second kappa shape index (κ2) is 14.7. The van der Waals surface area contributed by atoms with Crippen LogP contribution in [-0.2, 0) is 14.3 Å². The third-order valence-electron chi connectivity index (χ3n) is 6.08. The van der Waals surface area contributed by atoms with Crippen LogP contribution < -0.4 is 10.1 Å². The van der Waals surface area contributed by atoms with Gasteiger partial charge in [-0.3, -0.25) is 14.4 Å². The Balaban J connectivity index is 1.74. The van der Waals surface area contributed by atoms with Crippen molar-refractivity contribution in [2.75, 3.05) is 46.0 Å². The molecule has 1 fully saturated rings. The lowest BCUT2D eigenvalue weighted by molar-refractivity contribution is -0.138. The molecule has 1 aromatic carbocycles. The number of ether oxygens (including phenoxy) is 2. The standard InChI is InChI=1S/C26H35N5O8/c1-2-38-26(37)30-14-12-29(13-15-30)25(36)20(10-11-23(33)34)27-24(35)21-18-22(39-17-7-6-16-32)31(28-21)19-8-4-3-5-9-19/h3-5,8-9,18,20,32H,2,6-7,10-17H2,1H3,(H,27,35)(H,33,34)/t20-/m0/s1. The zero-order valence-electron chi connectivity index (χ0n) is 22.0. The number of aliphatic hydroxyl groups is 1. The number of para-hydroxylation sites is 1. The summed E-state index contributed by atoms with van der Waals surface area (Å²) < 4.78 is 12.3. The lowest BCUT2D eigenvalue weighted by atomic mass is 10.1. The van der Waals surface area contributed by atoms with Gasteiger partial charge < -0.3 is 34.8 Å². The molecule has 1 saturated heterocycles. The molecule has 3 N–H and O–H groups in total. The van der Waals surface area contributed by atoms with E-state index >= 15 is 0 Å². The van der Waals surface area contributed by atoms with E-state index in [9.17, 15) is 24.3 Å². The smallest absolute Gasteiger partial charge is 0.409 e. The molecule has 0 spiro atoms. The van der Waals surface area contributed by atoms with Gasteiger partial charge in [-0.15, -0.1) is 0 Å². The summed E-state index contributed by atoms with van der Waals surface area (Å²) in [6, 6.07) is 9.42. The molecule has 3 amide bonds. The Kier molecular flexibility index (Phi) is 11.1. The summed E-state index contributed by atoms with van der Waals surface area (Å²) in [5.41, 5.74) is 0.656. The second-order valence-corrected chi connectivity index (χ2v) is 8.86. The monoisotopic (exact) mass is 545 g/mol. The van der Waals surface area contributed by atoms with E-state index in [1.54, 1.807) is 19.1 Å². The minimum atomic E-state index is -1.10. The molecule has 39 heavy (non-hydrogen) atoms. The van der Waals surface area contributed by atoms with E-state index in [-0.39, 0.29) is 57.9 Å². The van der Waals surface area contributed by atoms with Crippen molar-refractivity contribution in [2.24, 2.45) is 0 Å². The number of carbonyl (C=O) groups excluding carboxylic acids is 3. The highest BCUT2D eigenvalue weighted by Gasteiger charge is 2.31. The highest BCUT2D eigenvalue weighted by molar-refractivity contribution is 5.96.